The third-order valence-corrected chi connectivity index (χ3v) is 8.65. The molecule has 0 aromatic carbocycles. The number of halogens is 28. The lowest BCUT2D eigenvalue weighted by Gasteiger charge is -2.37. The van der Waals surface area contributed by atoms with Gasteiger partial charge in [-0.15, -0.1) is 0 Å². The smallest absolute Gasteiger partial charge is 0.396 e. The van der Waals surface area contributed by atoms with Gasteiger partial charge in [0.25, 0.3) is 0 Å². The fraction of sp³-hybridized carbons (Fsp3) is 1.00. The van der Waals surface area contributed by atoms with E-state index in [0.29, 0.717) is 0 Å². The molecule has 2 unspecified atom stereocenters. The summed E-state index contributed by atoms with van der Waals surface area (Å²) in [5, 5.41) is 45.6. The van der Waals surface area contributed by atoms with Crippen LogP contribution in [0.4, 0.5) is 123 Å². The molecule has 0 heterocycles. The second-order valence-electron chi connectivity index (χ2n) is 15.5. The molecule has 0 aromatic heterocycles. The van der Waals surface area contributed by atoms with Crippen molar-refractivity contribution >= 4 is 0 Å². The molecule has 0 saturated carbocycles. The standard InChI is InChI=1S/C35H44F28O15/c36-22(37,15-71-11-19(66)3-9-69-7-1-5-64)28(48,49)75-32(56,57)26(44,45)34(60,61)77-30(52,53)24(40,41)17-73-13-21(68)14-74-18-25(42,43)31(54,55)78-35(62,63)27(46,47)33(58,59)76-29(50,51)23(38,39)16-72-12-20(67)4-10-70-8-2-6-65/h19-21,64-68H,1-18H2. The van der Waals surface area contributed by atoms with E-state index in [-0.39, 0.29) is 52.5 Å². The minimum absolute atomic E-state index is 0.0751. The molecule has 5 N–H and O–H groups in total. The zero-order valence-corrected chi connectivity index (χ0v) is 38.4. The molecule has 15 nitrogen and oxygen atoms in total. The van der Waals surface area contributed by atoms with Gasteiger partial charge in [-0.2, -0.15) is 123 Å². The lowest BCUT2D eigenvalue weighted by Crippen LogP contribution is -2.63. The van der Waals surface area contributed by atoms with Gasteiger partial charge in [0, 0.05) is 39.6 Å². The van der Waals surface area contributed by atoms with Gasteiger partial charge in [0.2, 0.25) is 0 Å². The Balaban J connectivity index is 5.59. The highest BCUT2D eigenvalue weighted by Crippen LogP contribution is 2.55. The maximum absolute atomic E-state index is 14.0. The van der Waals surface area contributed by atoms with Gasteiger partial charge in [0.1, 0.15) is 32.5 Å². The molecular formula is C35H44F28O15. The summed E-state index contributed by atoms with van der Waals surface area (Å²) >= 11 is 0. The Bertz CT molecular complexity index is 1620. The summed E-state index contributed by atoms with van der Waals surface area (Å²) in [5.41, 5.74) is 0. The molecule has 0 aliphatic rings. The van der Waals surface area contributed by atoms with Crippen molar-refractivity contribution in [3.8, 4) is 0 Å². The summed E-state index contributed by atoms with van der Waals surface area (Å²) in [6.45, 7) is -21.1. The van der Waals surface area contributed by atoms with Crippen molar-refractivity contribution in [3.05, 3.63) is 0 Å². The highest BCUT2D eigenvalue weighted by Gasteiger charge is 2.83. The summed E-state index contributed by atoms with van der Waals surface area (Å²) in [7, 11) is 0. The summed E-state index contributed by atoms with van der Waals surface area (Å²) in [6.07, 6.45) is -67.7. The van der Waals surface area contributed by atoms with Crippen molar-refractivity contribution < 1.29 is 196 Å². The van der Waals surface area contributed by atoms with Crippen LogP contribution in [0.2, 0.25) is 0 Å². The highest BCUT2D eigenvalue weighted by atomic mass is 19.4. The van der Waals surface area contributed by atoms with E-state index >= 15 is 0 Å². The van der Waals surface area contributed by atoms with E-state index in [9.17, 15) is 138 Å². The third kappa shape index (κ3) is 21.0. The van der Waals surface area contributed by atoms with Crippen molar-refractivity contribution in [2.75, 3.05) is 92.5 Å². The number of aliphatic hydroxyl groups excluding tert-OH is 5. The molecule has 78 heavy (non-hydrogen) atoms. The molecule has 0 radical (unpaired) electrons. The number of ether oxygens (including phenoxy) is 10. The predicted molar refractivity (Wildman–Crippen MR) is 189 cm³/mol. The van der Waals surface area contributed by atoms with Crippen LogP contribution in [0.5, 0.6) is 0 Å². The summed E-state index contributed by atoms with van der Waals surface area (Å²) in [5.74, 6) is -41.9. The maximum atomic E-state index is 14.0. The van der Waals surface area contributed by atoms with Crippen LogP contribution in [0.1, 0.15) is 25.7 Å². The van der Waals surface area contributed by atoms with Crippen molar-refractivity contribution in [1.29, 1.82) is 0 Å². The van der Waals surface area contributed by atoms with E-state index in [1.54, 1.807) is 18.9 Å². The Labute approximate surface area is 417 Å². The molecule has 0 aliphatic heterocycles. The van der Waals surface area contributed by atoms with Gasteiger partial charge in [0.15, 0.2) is 0 Å². The fourth-order valence-corrected chi connectivity index (χ4v) is 4.36. The zero-order chi connectivity index (χ0) is 61.5. The number of hydrogen-bond acceptors (Lipinski definition) is 15. The maximum Gasteiger partial charge on any atom is 0.433 e. The highest BCUT2D eigenvalue weighted by molar-refractivity contribution is 4.93. The van der Waals surface area contributed by atoms with Gasteiger partial charge in [-0.25, -0.2) is 18.9 Å². The van der Waals surface area contributed by atoms with Crippen LogP contribution >= 0.6 is 0 Å². The van der Waals surface area contributed by atoms with E-state index in [2.05, 4.69) is 18.9 Å². The number of aliphatic hydroxyl groups is 5. The Kier molecular flexibility index (Phi) is 27.7. The Hall–Kier alpha value is -2.56. The lowest BCUT2D eigenvalue weighted by molar-refractivity contribution is -0.535. The largest absolute Gasteiger partial charge is 0.433 e. The third-order valence-electron chi connectivity index (χ3n) is 8.65. The minimum atomic E-state index is -8.08. The summed E-state index contributed by atoms with van der Waals surface area (Å²) in [6, 6.07) is 0. The van der Waals surface area contributed by atoms with Crippen LogP contribution in [0.3, 0.4) is 0 Å². The number of hydrogen-bond donors (Lipinski definition) is 5. The van der Waals surface area contributed by atoms with Crippen LogP contribution < -0.4 is 0 Å². The van der Waals surface area contributed by atoms with Gasteiger partial charge in [-0.3, -0.25) is 0 Å². The second kappa shape index (κ2) is 28.6. The van der Waals surface area contributed by atoms with E-state index in [1.807, 2.05) is 0 Å². The van der Waals surface area contributed by atoms with Crippen LogP contribution in [0, 0.1) is 0 Å². The molecule has 0 amide bonds. The van der Waals surface area contributed by atoms with E-state index in [1.165, 1.54) is 0 Å². The van der Waals surface area contributed by atoms with Crippen LogP contribution in [0.15, 0.2) is 0 Å². The van der Waals surface area contributed by atoms with Gasteiger partial charge in [-0.1, -0.05) is 0 Å². The van der Waals surface area contributed by atoms with Crippen molar-refractivity contribution in [2.45, 2.75) is 128 Å². The van der Waals surface area contributed by atoms with Gasteiger partial charge in [0.05, 0.1) is 38.6 Å². The zero-order valence-electron chi connectivity index (χ0n) is 38.4. The summed E-state index contributed by atoms with van der Waals surface area (Å²) in [4.78, 5) is 0. The van der Waals surface area contributed by atoms with Gasteiger partial charge < -0.3 is 54.0 Å². The fourth-order valence-electron chi connectivity index (χ4n) is 4.36. The number of rotatable bonds is 44. The minimum Gasteiger partial charge on any atom is -0.396 e. The van der Waals surface area contributed by atoms with E-state index in [4.69, 9.17) is 19.7 Å². The average Bonchev–Trinajstić information content (AvgIpc) is 3.24. The van der Waals surface area contributed by atoms with Crippen LogP contribution in [0.25, 0.3) is 0 Å². The molecule has 2 atom stereocenters. The SMILES string of the molecule is OCCCOCCC(O)COCC(F)(F)C(F)(F)OC(F)(F)C(F)(F)C(F)(F)OC(F)(F)C(F)(F)COCC(O)COCC(F)(F)C(F)(F)OC(F)(F)C(F)(F)C(F)(F)OC(F)(F)C(F)(F)COCC(O)CCOCCCO. The first kappa shape index (κ1) is 75.4. The quantitative estimate of drug-likeness (QED) is 0.0301. The molecule has 0 saturated heterocycles. The first-order valence-electron chi connectivity index (χ1n) is 20.7. The molecule has 0 spiro atoms. The Morgan fingerprint density at radius 1 is 0.269 bits per heavy atom. The molecule has 43 heteroatoms. The first-order valence-corrected chi connectivity index (χ1v) is 20.7. The van der Waals surface area contributed by atoms with Gasteiger partial charge in [-0.05, 0) is 25.7 Å². The van der Waals surface area contributed by atoms with E-state index < -0.39 is 168 Å². The van der Waals surface area contributed by atoms with Gasteiger partial charge >= 0.3 is 84.4 Å². The molecule has 470 valence electrons. The average molecular weight is 1240 g/mol. The predicted octanol–water partition coefficient (Wildman–Crippen LogP) is 7.33. The Morgan fingerprint density at radius 2 is 0.474 bits per heavy atom. The lowest BCUT2D eigenvalue weighted by atomic mass is 10.2. The monoisotopic (exact) mass is 1240 g/mol. The summed E-state index contributed by atoms with van der Waals surface area (Å²) < 4.78 is 423. The molecule has 0 aromatic rings. The van der Waals surface area contributed by atoms with Crippen molar-refractivity contribution in [3.63, 3.8) is 0 Å². The molecule has 0 fully saturated rings. The second-order valence-corrected chi connectivity index (χ2v) is 15.5. The molecule has 0 rings (SSSR count). The van der Waals surface area contributed by atoms with Crippen molar-refractivity contribution in [2.24, 2.45) is 0 Å². The molecular weight excluding hydrogens is 1190 g/mol. The van der Waals surface area contributed by atoms with Crippen molar-refractivity contribution in [1.82, 2.24) is 0 Å². The molecule has 0 bridgehead atoms. The van der Waals surface area contributed by atoms with Crippen LogP contribution in [-0.2, 0) is 47.4 Å². The van der Waals surface area contributed by atoms with Crippen LogP contribution in [-0.4, -0.2) is 221 Å². The Morgan fingerprint density at radius 3 is 0.679 bits per heavy atom. The molecule has 0 aliphatic carbocycles. The number of alkyl halides is 28. The first-order chi connectivity index (χ1) is 34.8. The normalized spacial score (nSPS) is 16.3. The topological polar surface area (TPSA) is 193 Å². The van der Waals surface area contributed by atoms with E-state index in [0.717, 1.165) is 0 Å².